The predicted molar refractivity (Wildman–Crippen MR) is 65.0 cm³/mol. The molecular formula is C12H18FN3O. The lowest BCUT2D eigenvalue weighted by atomic mass is 10.1. The lowest BCUT2D eigenvalue weighted by Crippen LogP contribution is -2.34. The maximum atomic E-state index is 13.7. The number of rotatable bonds is 4. The van der Waals surface area contributed by atoms with Crippen LogP contribution in [0.5, 0.6) is 0 Å². The van der Waals surface area contributed by atoms with E-state index < -0.39 is 5.82 Å². The van der Waals surface area contributed by atoms with Crippen LogP contribution in [-0.2, 0) is 0 Å². The monoisotopic (exact) mass is 239 g/mol. The van der Waals surface area contributed by atoms with Gasteiger partial charge in [0.25, 0.3) is 5.91 Å². The van der Waals surface area contributed by atoms with E-state index >= 15 is 0 Å². The molecule has 1 aromatic heterocycles. The van der Waals surface area contributed by atoms with E-state index in [4.69, 9.17) is 5.73 Å². The molecule has 0 fully saturated rings. The number of anilines is 1. The molecule has 0 saturated heterocycles. The maximum absolute atomic E-state index is 13.7. The summed E-state index contributed by atoms with van der Waals surface area (Å²) in [4.78, 5) is 17.3. The van der Waals surface area contributed by atoms with Crippen LogP contribution in [0.25, 0.3) is 0 Å². The number of nitrogens with zero attached hydrogens (tertiary/aromatic N) is 2. The second-order valence-corrected chi connectivity index (χ2v) is 4.30. The van der Waals surface area contributed by atoms with Crippen molar-refractivity contribution >= 4 is 11.7 Å². The molecule has 0 aliphatic rings. The van der Waals surface area contributed by atoms with E-state index in [1.54, 1.807) is 4.90 Å². The Balaban J connectivity index is 2.98. The van der Waals surface area contributed by atoms with E-state index in [0.29, 0.717) is 19.0 Å². The lowest BCUT2D eigenvalue weighted by Gasteiger charge is -2.23. The Morgan fingerprint density at radius 2 is 2.24 bits per heavy atom. The Bertz CT molecular complexity index is 407. The SMILES string of the molecule is CCN(CC(C)C)C(=O)c1ccnc(N)c1F. The Kier molecular flexibility index (Phi) is 4.43. The first kappa shape index (κ1) is 13.4. The van der Waals surface area contributed by atoms with Gasteiger partial charge in [0.2, 0.25) is 0 Å². The van der Waals surface area contributed by atoms with Crippen molar-refractivity contribution in [2.24, 2.45) is 5.92 Å². The summed E-state index contributed by atoms with van der Waals surface area (Å²) < 4.78 is 13.7. The van der Waals surface area contributed by atoms with Crippen LogP contribution in [0.4, 0.5) is 10.2 Å². The smallest absolute Gasteiger partial charge is 0.257 e. The lowest BCUT2D eigenvalue weighted by molar-refractivity contribution is 0.0741. The second-order valence-electron chi connectivity index (χ2n) is 4.30. The number of amides is 1. The van der Waals surface area contributed by atoms with Gasteiger partial charge in [-0.05, 0) is 18.9 Å². The van der Waals surface area contributed by atoms with Gasteiger partial charge in [-0.25, -0.2) is 9.37 Å². The molecule has 0 unspecified atom stereocenters. The fraction of sp³-hybridized carbons (Fsp3) is 0.500. The quantitative estimate of drug-likeness (QED) is 0.873. The molecule has 0 saturated carbocycles. The molecule has 0 atom stereocenters. The minimum atomic E-state index is -0.736. The molecule has 1 aromatic rings. The van der Waals surface area contributed by atoms with Gasteiger partial charge in [-0.15, -0.1) is 0 Å². The van der Waals surface area contributed by atoms with Crippen LogP contribution in [0.3, 0.4) is 0 Å². The van der Waals surface area contributed by atoms with Gasteiger partial charge in [0.15, 0.2) is 11.6 Å². The number of pyridine rings is 1. The van der Waals surface area contributed by atoms with Gasteiger partial charge >= 0.3 is 0 Å². The van der Waals surface area contributed by atoms with Crippen molar-refractivity contribution < 1.29 is 9.18 Å². The summed E-state index contributed by atoms with van der Waals surface area (Å²) in [5.41, 5.74) is 5.33. The van der Waals surface area contributed by atoms with Crippen molar-refractivity contribution in [2.75, 3.05) is 18.8 Å². The van der Waals surface area contributed by atoms with Crippen LogP contribution in [0.1, 0.15) is 31.1 Å². The molecule has 1 amide bonds. The van der Waals surface area contributed by atoms with Crippen molar-refractivity contribution in [3.63, 3.8) is 0 Å². The molecule has 5 heteroatoms. The summed E-state index contributed by atoms with van der Waals surface area (Å²) in [5, 5.41) is 0. The molecule has 94 valence electrons. The normalized spacial score (nSPS) is 10.6. The zero-order valence-corrected chi connectivity index (χ0v) is 10.4. The highest BCUT2D eigenvalue weighted by molar-refractivity contribution is 5.95. The minimum absolute atomic E-state index is 0.0139. The summed E-state index contributed by atoms with van der Waals surface area (Å²) >= 11 is 0. The molecule has 4 nitrogen and oxygen atoms in total. The largest absolute Gasteiger partial charge is 0.381 e. The van der Waals surface area contributed by atoms with E-state index in [0.717, 1.165) is 0 Å². The van der Waals surface area contributed by atoms with Gasteiger partial charge in [-0.3, -0.25) is 4.79 Å². The summed E-state index contributed by atoms with van der Waals surface area (Å²) in [7, 11) is 0. The van der Waals surface area contributed by atoms with Crippen molar-refractivity contribution in [1.82, 2.24) is 9.88 Å². The zero-order valence-electron chi connectivity index (χ0n) is 10.4. The van der Waals surface area contributed by atoms with Crippen LogP contribution in [0.2, 0.25) is 0 Å². The molecule has 0 aliphatic carbocycles. The number of nitrogen functional groups attached to an aromatic ring is 1. The highest BCUT2D eigenvalue weighted by Crippen LogP contribution is 2.15. The predicted octanol–water partition coefficient (Wildman–Crippen LogP) is 1.92. The van der Waals surface area contributed by atoms with Crippen molar-refractivity contribution in [1.29, 1.82) is 0 Å². The van der Waals surface area contributed by atoms with E-state index in [1.807, 2.05) is 20.8 Å². The third-order valence-corrected chi connectivity index (χ3v) is 2.40. The number of carbonyl (C=O) groups excluding carboxylic acids is 1. The van der Waals surface area contributed by atoms with E-state index in [2.05, 4.69) is 4.98 Å². The Morgan fingerprint density at radius 3 is 2.76 bits per heavy atom. The minimum Gasteiger partial charge on any atom is -0.381 e. The number of halogens is 1. The molecule has 0 aromatic carbocycles. The molecule has 0 spiro atoms. The van der Waals surface area contributed by atoms with Crippen LogP contribution in [0.15, 0.2) is 12.3 Å². The summed E-state index contributed by atoms with van der Waals surface area (Å²) in [6.07, 6.45) is 1.34. The first-order valence-electron chi connectivity index (χ1n) is 5.66. The Labute approximate surface area is 101 Å². The number of hydrogen-bond acceptors (Lipinski definition) is 3. The number of aromatic nitrogens is 1. The Hall–Kier alpha value is -1.65. The first-order chi connectivity index (χ1) is 7.97. The molecule has 1 heterocycles. The topological polar surface area (TPSA) is 59.2 Å². The molecule has 2 N–H and O–H groups in total. The van der Waals surface area contributed by atoms with Gasteiger partial charge in [-0.1, -0.05) is 13.8 Å². The number of carbonyl (C=O) groups is 1. The highest BCUT2D eigenvalue weighted by atomic mass is 19.1. The highest BCUT2D eigenvalue weighted by Gasteiger charge is 2.20. The third kappa shape index (κ3) is 3.15. The Morgan fingerprint density at radius 1 is 1.59 bits per heavy atom. The van der Waals surface area contributed by atoms with E-state index in [1.165, 1.54) is 12.3 Å². The van der Waals surface area contributed by atoms with E-state index in [9.17, 15) is 9.18 Å². The average molecular weight is 239 g/mol. The zero-order chi connectivity index (χ0) is 13.0. The molecule has 1 rings (SSSR count). The molecule has 0 bridgehead atoms. The summed E-state index contributed by atoms with van der Waals surface area (Å²) in [6, 6.07) is 1.36. The van der Waals surface area contributed by atoms with Gasteiger partial charge in [0.05, 0.1) is 5.56 Å². The van der Waals surface area contributed by atoms with Crippen molar-refractivity contribution in [3.05, 3.63) is 23.6 Å². The van der Waals surface area contributed by atoms with Crippen LogP contribution < -0.4 is 5.73 Å². The molecule has 0 aliphatic heterocycles. The van der Waals surface area contributed by atoms with Gasteiger partial charge < -0.3 is 10.6 Å². The summed E-state index contributed by atoms with van der Waals surface area (Å²) in [5.74, 6) is -0.981. The van der Waals surface area contributed by atoms with Gasteiger partial charge in [0.1, 0.15) is 0 Å². The number of hydrogen-bond donors (Lipinski definition) is 1. The van der Waals surface area contributed by atoms with Gasteiger partial charge in [0, 0.05) is 19.3 Å². The number of nitrogens with two attached hydrogens (primary N) is 1. The van der Waals surface area contributed by atoms with Crippen molar-refractivity contribution in [3.8, 4) is 0 Å². The van der Waals surface area contributed by atoms with Crippen LogP contribution in [-0.4, -0.2) is 28.9 Å². The standard InChI is InChI=1S/C12H18FN3O/c1-4-16(7-8(2)3)12(17)9-5-6-15-11(14)10(9)13/h5-6,8H,4,7H2,1-3H3,(H2,14,15). The fourth-order valence-electron chi connectivity index (χ4n) is 1.59. The van der Waals surface area contributed by atoms with E-state index in [-0.39, 0.29) is 17.3 Å². The van der Waals surface area contributed by atoms with Crippen LogP contribution in [0, 0.1) is 11.7 Å². The first-order valence-corrected chi connectivity index (χ1v) is 5.66. The third-order valence-electron chi connectivity index (χ3n) is 2.40. The van der Waals surface area contributed by atoms with Crippen LogP contribution >= 0.6 is 0 Å². The molecule has 0 radical (unpaired) electrons. The second kappa shape index (κ2) is 5.61. The van der Waals surface area contributed by atoms with Crippen molar-refractivity contribution in [2.45, 2.75) is 20.8 Å². The average Bonchev–Trinajstić information content (AvgIpc) is 2.28. The summed E-state index contributed by atoms with van der Waals surface area (Å²) in [6.45, 7) is 7.01. The molecular weight excluding hydrogens is 221 g/mol. The molecule has 17 heavy (non-hydrogen) atoms. The fourth-order valence-corrected chi connectivity index (χ4v) is 1.59. The maximum Gasteiger partial charge on any atom is 0.257 e. The van der Waals surface area contributed by atoms with Gasteiger partial charge in [-0.2, -0.15) is 0 Å².